The summed E-state index contributed by atoms with van der Waals surface area (Å²) in [6.07, 6.45) is 7.27. The van der Waals surface area contributed by atoms with Crippen molar-refractivity contribution in [2.24, 2.45) is 5.92 Å². The fourth-order valence-corrected chi connectivity index (χ4v) is 4.80. The number of benzene rings is 1. The first kappa shape index (κ1) is 15.0. The van der Waals surface area contributed by atoms with Crippen LogP contribution in [0.3, 0.4) is 0 Å². The van der Waals surface area contributed by atoms with E-state index in [9.17, 15) is 9.90 Å². The Kier molecular flexibility index (Phi) is 4.02. The number of urea groups is 1. The largest absolute Gasteiger partial charge is 0.393 e. The van der Waals surface area contributed by atoms with E-state index in [0.29, 0.717) is 18.4 Å². The van der Waals surface area contributed by atoms with Crippen molar-refractivity contribution in [3.8, 4) is 0 Å². The van der Waals surface area contributed by atoms with Crippen LogP contribution in [0.25, 0.3) is 0 Å². The van der Waals surface area contributed by atoms with E-state index in [1.165, 1.54) is 36.0 Å². The smallest absolute Gasteiger partial charge is 0.315 e. The van der Waals surface area contributed by atoms with Crippen molar-refractivity contribution in [2.45, 2.75) is 63.0 Å². The molecule has 0 aromatic heterocycles. The molecule has 3 aliphatic rings. The number of rotatable bonds is 3. The van der Waals surface area contributed by atoms with Gasteiger partial charge in [-0.25, -0.2) is 4.79 Å². The molecule has 0 radical (unpaired) electrons. The highest BCUT2D eigenvalue weighted by atomic mass is 16.3. The molecule has 124 valence electrons. The van der Waals surface area contributed by atoms with Crippen LogP contribution in [0.1, 0.15) is 67.2 Å². The van der Waals surface area contributed by atoms with E-state index in [-0.39, 0.29) is 18.2 Å². The van der Waals surface area contributed by atoms with Crippen molar-refractivity contribution in [1.82, 2.24) is 10.6 Å². The van der Waals surface area contributed by atoms with Gasteiger partial charge in [0.1, 0.15) is 0 Å². The molecule has 1 fully saturated rings. The minimum atomic E-state index is -0.174. The fraction of sp³-hybridized carbons (Fsp3) is 0.632. The van der Waals surface area contributed by atoms with Crippen molar-refractivity contribution in [3.05, 3.63) is 34.9 Å². The summed E-state index contributed by atoms with van der Waals surface area (Å²) in [5.41, 5.74) is 4.34. The Labute approximate surface area is 137 Å². The molecule has 0 saturated heterocycles. The Morgan fingerprint density at radius 2 is 2.13 bits per heavy atom. The summed E-state index contributed by atoms with van der Waals surface area (Å²) in [7, 11) is 0. The van der Waals surface area contributed by atoms with Crippen molar-refractivity contribution in [3.63, 3.8) is 0 Å². The molecule has 1 saturated carbocycles. The van der Waals surface area contributed by atoms with E-state index >= 15 is 0 Å². The van der Waals surface area contributed by atoms with E-state index in [0.717, 1.165) is 25.7 Å². The molecule has 0 heterocycles. The molecular weight excluding hydrogens is 288 g/mol. The highest BCUT2D eigenvalue weighted by Gasteiger charge is 2.35. The van der Waals surface area contributed by atoms with Gasteiger partial charge in [0.25, 0.3) is 0 Å². The third kappa shape index (κ3) is 2.97. The second kappa shape index (κ2) is 6.16. The third-order valence-corrected chi connectivity index (χ3v) is 5.90. The molecule has 0 unspecified atom stereocenters. The first-order valence-corrected chi connectivity index (χ1v) is 9.05. The molecule has 0 bridgehead atoms. The molecule has 4 nitrogen and oxygen atoms in total. The molecule has 4 atom stereocenters. The van der Waals surface area contributed by atoms with Gasteiger partial charge >= 0.3 is 6.03 Å². The van der Waals surface area contributed by atoms with Gasteiger partial charge in [-0.2, -0.15) is 0 Å². The molecule has 23 heavy (non-hydrogen) atoms. The number of aliphatic hydroxyl groups excluding tert-OH is 1. The zero-order chi connectivity index (χ0) is 15.8. The lowest BCUT2D eigenvalue weighted by atomic mass is 9.84. The summed E-state index contributed by atoms with van der Waals surface area (Å²) in [6, 6.07) is 6.66. The van der Waals surface area contributed by atoms with Crippen molar-refractivity contribution < 1.29 is 9.90 Å². The summed E-state index contributed by atoms with van der Waals surface area (Å²) in [6.45, 7) is 0.673. The Morgan fingerprint density at radius 1 is 1.22 bits per heavy atom. The number of amides is 2. The molecule has 4 rings (SSSR count). The lowest BCUT2D eigenvalue weighted by molar-refractivity contribution is 0.177. The molecule has 0 spiro atoms. The van der Waals surface area contributed by atoms with Crippen LogP contribution in [-0.4, -0.2) is 23.8 Å². The monoisotopic (exact) mass is 314 g/mol. The Hall–Kier alpha value is -1.55. The molecule has 3 N–H and O–H groups in total. The summed E-state index contributed by atoms with van der Waals surface area (Å²) in [5, 5.41) is 15.7. The highest BCUT2D eigenvalue weighted by molar-refractivity contribution is 5.74. The number of hydrogen-bond acceptors (Lipinski definition) is 2. The van der Waals surface area contributed by atoms with Crippen LogP contribution in [0.2, 0.25) is 0 Å². The van der Waals surface area contributed by atoms with Gasteiger partial charge in [0.15, 0.2) is 0 Å². The third-order valence-electron chi connectivity index (χ3n) is 5.90. The van der Waals surface area contributed by atoms with Crippen LogP contribution in [0.15, 0.2) is 18.2 Å². The van der Waals surface area contributed by atoms with Crippen molar-refractivity contribution in [1.29, 1.82) is 0 Å². The summed E-state index contributed by atoms with van der Waals surface area (Å²) in [5.74, 6) is 1.05. The van der Waals surface area contributed by atoms with Gasteiger partial charge in [-0.1, -0.05) is 18.2 Å². The van der Waals surface area contributed by atoms with Crippen molar-refractivity contribution >= 4 is 6.03 Å². The van der Waals surface area contributed by atoms with E-state index in [1.807, 2.05) is 0 Å². The maximum Gasteiger partial charge on any atom is 0.315 e. The number of hydrogen-bond donors (Lipinski definition) is 3. The highest BCUT2D eigenvalue weighted by Crippen LogP contribution is 2.47. The first-order chi connectivity index (χ1) is 11.2. The minimum Gasteiger partial charge on any atom is -0.393 e. The normalized spacial score (nSPS) is 31.7. The lowest BCUT2D eigenvalue weighted by Crippen LogP contribution is -2.39. The van der Waals surface area contributed by atoms with Crippen LogP contribution >= 0.6 is 0 Å². The predicted octanol–water partition coefficient (Wildman–Crippen LogP) is 3.01. The average molecular weight is 314 g/mol. The standard InChI is InChI=1S/C19H26N2O2/c22-15-8-7-12(9-15)11-20-19(23)21-17-10-14-5-1-3-13-4-2-6-16(17)18(13)14/h2,4,6,12,14-15,17,22H,1,3,5,7-11H2,(H2,20,21,23)/t12-,14-,15+,17+/m1/s1. The Bertz CT molecular complexity index is 601. The maximum atomic E-state index is 12.3. The Balaban J connectivity index is 1.37. The van der Waals surface area contributed by atoms with Gasteiger partial charge in [-0.15, -0.1) is 0 Å². The van der Waals surface area contributed by atoms with Gasteiger partial charge in [-0.05, 0) is 73.5 Å². The summed E-state index contributed by atoms with van der Waals surface area (Å²) >= 11 is 0. The van der Waals surface area contributed by atoms with Gasteiger partial charge < -0.3 is 15.7 Å². The molecule has 0 aliphatic heterocycles. The van der Waals surface area contributed by atoms with E-state index in [1.54, 1.807) is 0 Å². The van der Waals surface area contributed by atoms with E-state index in [2.05, 4.69) is 28.8 Å². The maximum absolute atomic E-state index is 12.3. The summed E-state index contributed by atoms with van der Waals surface area (Å²) in [4.78, 5) is 12.3. The fourth-order valence-electron chi connectivity index (χ4n) is 4.80. The minimum absolute atomic E-state index is 0.0624. The molecule has 1 aromatic rings. The van der Waals surface area contributed by atoms with E-state index in [4.69, 9.17) is 0 Å². The lowest BCUT2D eigenvalue weighted by Gasteiger charge is -2.20. The van der Waals surface area contributed by atoms with Crippen LogP contribution < -0.4 is 10.6 Å². The average Bonchev–Trinajstić information content (AvgIpc) is 3.12. The number of nitrogens with one attached hydrogen (secondary N) is 2. The number of carbonyl (C=O) groups excluding carboxylic acids is 1. The van der Waals surface area contributed by atoms with Crippen LogP contribution in [0.4, 0.5) is 4.79 Å². The van der Waals surface area contributed by atoms with Crippen LogP contribution in [0, 0.1) is 5.92 Å². The molecule has 1 aromatic carbocycles. The number of aliphatic hydroxyl groups is 1. The SMILES string of the molecule is O=C(NC[C@@H]1CC[C@H](O)C1)N[C@H]1C[C@H]2CCCc3cccc1c32. The molecule has 4 heteroatoms. The summed E-state index contributed by atoms with van der Waals surface area (Å²) < 4.78 is 0. The number of aryl methyl sites for hydroxylation is 1. The molecule has 3 aliphatic carbocycles. The molecule has 2 amide bonds. The van der Waals surface area contributed by atoms with Gasteiger partial charge in [0.2, 0.25) is 0 Å². The Morgan fingerprint density at radius 3 is 2.96 bits per heavy atom. The topological polar surface area (TPSA) is 61.4 Å². The second-order valence-electron chi connectivity index (χ2n) is 7.48. The van der Waals surface area contributed by atoms with Gasteiger partial charge in [0.05, 0.1) is 12.1 Å². The zero-order valence-electron chi connectivity index (χ0n) is 13.6. The van der Waals surface area contributed by atoms with Crippen LogP contribution in [0.5, 0.6) is 0 Å². The van der Waals surface area contributed by atoms with Crippen molar-refractivity contribution in [2.75, 3.05) is 6.54 Å². The van der Waals surface area contributed by atoms with Crippen LogP contribution in [-0.2, 0) is 6.42 Å². The number of carbonyl (C=O) groups is 1. The molecular formula is C19H26N2O2. The predicted molar refractivity (Wildman–Crippen MR) is 89.4 cm³/mol. The van der Waals surface area contributed by atoms with E-state index < -0.39 is 0 Å². The van der Waals surface area contributed by atoms with Gasteiger partial charge in [0, 0.05) is 6.54 Å². The first-order valence-electron chi connectivity index (χ1n) is 9.05. The second-order valence-corrected chi connectivity index (χ2v) is 7.48. The zero-order valence-corrected chi connectivity index (χ0v) is 13.6. The quantitative estimate of drug-likeness (QED) is 0.803. The van der Waals surface area contributed by atoms with Gasteiger partial charge in [-0.3, -0.25) is 0 Å².